The van der Waals surface area contributed by atoms with Gasteiger partial charge in [0.25, 0.3) is 0 Å². The molecular weight excluding hydrogens is 162 g/mol. The van der Waals surface area contributed by atoms with Gasteiger partial charge in [-0.3, -0.25) is 0 Å². The van der Waals surface area contributed by atoms with Crippen LogP contribution in [0, 0.1) is 17.8 Å². The predicted molar refractivity (Wildman–Crippen MR) is 53.4 cm³/mol. The molecule has 0 aromatic rings. The van der Waals surface area contributed by atoms with Crippen molar-refractivity contribution in [1.29, 1.82) is 0 Å². The van der Waals surface area contributed by atoms with Gasteiger partial charge in [-0.2, -0.15) is 0 Å². The minimum atomic E-state index is 0.446. The Balaban J connectivity index is 2.11. The molecule has 2 nitrogen and oxygen atoms in total. The van der Waals surface area contributed by atoms with E-state index in [0.717, 1.165) is 18.4 Å². The monoisotopic (exact) mass is 183 g/mol. The van der Waals surface area contributed by atoms with E-state index in [1.807, 2.05) is 0 Å². The highest BCUT2D eigenvalue weighted by molar-refractivity contribution is 4.93. The molecule has 0 aromatic carbocycles. The molecule has 0 radical (unpaired) electrons. The number of rotatable bonds is 1. The molecule has 2 fully saturated rings. The van der Waals surface area contributed by atoms with Crippen molar-refractivity contribution >= 4 is 0 Å². The van der Waals surface area contributed by atoms with Crippen LogP contribution in [0.25, 0.3) is 0 Å². The highest BCUT2D eigenvalue weighted by Gasteiger charge is 2.44. The van der Waals surface area contributed by atoms with Crippen LogP contribution in [-0.2, 0) is 4.74 Å². The largest absolute Gasteiger partial charge is 0.375 e. The van der Waals surface area contributed by atoms with Crippen molar-refractivity contribution in [3.63, 3.8) is 0 Å². The number of fused-ring (bicyclic) bond motifs is 1. The Morgan fingerprint density at radius 3 is 2.77 bits per heavy atom. The van der Waals surface area contributed by atoms with Crippen LogP contribution in [0.2, 0.25) is 0 Å². The molecule has 0 aromatic heterocycles. The molecule has 76 valence electrons. The van der Waals surface area contributed by atoms with Gasteiger partial charge in [0.1, 0.15) is 0 Å². The zero-order valence-electron chi connectivity index (χ0n) is 8.70. The van der Waals surface area contributed by atoms with Crippen LogP contribution < -0.4 is 5.73 Å². The van der Waals surface area contributed by atoms with E-state index in [1.54, 1.807) is 0 Å². The fourth-order valence-electron chi connectivity index (χ4n) is 3.18. The van der Waals surface area contributed by atoms with E-state index in [-0.39, 0.29) is 0 Å². The third-order valence-corrected chi connectivity index (χ3v) is 4.08. The lowest BCUT2D eigenvalue weighted by atomic mass is 9.72. The molecule has 0 amide bonds. The summed E-state index contributed by atoms with van der Waals surface area (Å²) in [4.78, 5) is 0. The second-order valence-electron chi connectivity index (χ2n) is 4.74. The summed E-state index contributed by atoms with van der Waals surface area (Å²) in [7, 11) is 0. The molecule has 1 saturated carbocycles. The quantitative estimate of drug-likeness (QED) is 0.672. The fraction of sp³-hybridized carbons (Fsp3) is 1.00. The maximum atomic E-state index is 5.95. The normalized spacial score (nSPS) is 50.5. The summed E-state index contributed by atoms with van der Waals surface area (Å²) in [5, 5.41) is 0. The van der Waals surface area contributed by atoms with Crippen LogP contribution in [0.15, 0.2) is 0 Å². The van der Waals surface area contributed by atoms with Crippen molar-refractivity contribution < 1.29 is 4.74 Å². The first-order valence-corrected chi connectivity index (χ1v) is 5.59. The average molecular weight is 183 g/mol. The Bertz CT molecular complexity index is 177. The average Bonchev–Trinajstić information content (AvgIpc) is 2.43. The lowest BCUT2D eigenvalue weighted by Crippen LogP contribution is -2.36. The number of nitrogens with two attached hydrogens (primary N) is 1. The molecule has 2 rings (SSSR count). The SMILES string of the molecule is C[C@H]1[C@@H]2[C@@H](CN)CCC[C@H]2O[C@H]1C. The third kappa shape index (κ3) is 1.50. The molecule has 13 heavy (non-hydrogen) atoms. The molecule has 5 atom stereocenters. The van der Waals surface area contributed by atoms with E-state index in [1.165, 1.54) is 19.3 Å². The minimum absolute atomic E-state index is 0.446. The van der Waals surface area contributed by atoms with Crippen LogP contribution in [0.3, 0.4) is 0 Å². The standard InChI is InChI=1S/C11H21NO/c1-7-8(2)13-10-5-3-4-9(6-12)11(7)10/h7-11H,3-6,12H2,1-2H3/t7-,8+,9-,10-,11-/m1/s1. The number of hydrogen-bond donors (Lipinski definition) is 1. The Hall–Kier alpha value is -0.0800. The van der Waals surface area contributed by atoms with Gasteiger partial charge in [0.2, 0.25) is 0 Å². The van der Waals surface area contributed by atoms with Crippen LogP contribution in [-0.4, -0.2) is 18.8 Å². The Morgan fingerprint density at radius 1 is 1.31 bits per heavy atom. The lowest BCUT2D eigenvalue weighted by molar-refractivity contribution is 0.0138. The van der Waals surface area contributed by atoms with Crippen molar-refractivity contribution in [1.82, 2.24) is 0 Å². The zero-order chi connectivity index (χ0) is 9.42. The van der Waals surface area contributed by atoms with E-state index in [2.05, 4.69) is 13.8 Å². The molecule has 1 aliphatic carbocycles. The molecule has 2 aliphatic rings. The van der Waals surface area contributed by atoms with E-state index >= 15 is 0 Å². The van der Waals surface area contributed by atoms with Gasteiger partial charge < -0.3 is 10.5 Å². The van der Waals surface area contributed by atoms with Gasteiger partial charge in [-0.1, -0.05) is 13.3 Å². The Kier molecular flexibility index (Phi) is 2.61. The highest BCUT2D eigenvalue weighted by atomic mass is 16.5. The summed E-state index contributed by atoms with van der Waals surface area (Å²) in [6, 6.07) is 0. The molecule has 0 bridgehead atoms. The van der Waals surface area contributed by atoms with Gasteiger partial charge in [-0.05, 0) is 44.1 Å². The van der Waals surface area contributed by atoms with Gasteiger partial charge in [0.15, 0.2) is 0 Å². The second kappa shape index (κ2) is 3.58. The van der Waals surface area contributed by atoms with Gasteiger partial charge >= 0.3 is 0 Å². The first kappa shape index (κ1) is 9.47. The molecule has 0 spiro atoms. The molecule has 2 heteroatoms. The summed E-state index contributed by atoms with van der Waals surface area (Å²) >= 11 is 0. The first-order chi connectivity index (χ1) is 6.24. The van der Waals surface area contributed by atoms with E-state index in [0.29, 0.717) is 18.1 Å². The van der Waals surface area contributed by atoms with E-state index < -0.39 is 0 Å². The van der Waals surface area contributed by atoms with Crippen molar-refractivity contribution in [2.24, 2.45) is 23.5 Å². The van der Waals surface area contributed by atoms with E-state index in [9.17, 15) is 0 Å². The first-order valence-electron chi connectivity index (χ1n) is 5.59. The summed E-state index contributed by atoms with van der Waals surface area (Å²) in [6.07, 6.45) is 4.85. The fourth-order valence-corrected chi connectivity index (χ4v) is 3.18. The molecule has 2 N–H and O–H groups in total. The van der Waals surface area contributed by atoms with Gasteiger partial charge in [0, 0.05) is 0 Å². The van der Waals surface area contributed by atoms with Crippen molar-refractivity contribution in [3.05, 3.63) is 0 Å². The summed E-state index contributed by atoms with van der Waals surface area (Å²) in [6.45, 7) is 5.38. The summed E-state index contributed by atoms with van der Waals surface area (Å²) < 4.78 is 5.95. The second-order valence-corrected chi connectivity index (χ2v) is 4.74. The van der Waals surface area contributed by atoms with Crippen LogP contribution in [0.1, 0.15) is 33.1 Å². The van der Waals surface area contributed by atoms with Gasteiger partial charge in [0.05, 0.1) is 12.2 Å². The van der Waals surface area contributed by atoms with Crippen molar-refractivity contribution in [2.45, 2.75) is 45.3 Å². The Morgan fingerprint density at radius 2 is 2.08 bits per heavy atom. The maximum absolute atomic E-state index is 5.95. The minimum Gasteiger partial charge on any atom is -0.375 e. The molecule has 0 unspecified atom stereocenters. The topological polar surface area (TPSA) is 35.2 Å². The Labute approximate surface area is 80.8 Å². The van der Waals surface area contributed by atoms with Crippen LogP contribution in [0.4, 0.5) is 0 Å². The molecule has 1 heterocycles. The zero-order valence-corrected chi connectivity index (χ0v) is 8.70. The van der Waals surface area contributed by atoms with Gasteiger partial charge in [-0.25, -0.2) is 0 Å². The van der Waals surface area contributed by atoms with Crippen LogP contribution in [0.5, 0.6) is 0 Å². The lowest BCUT2D eigenvalue weighted by Gasteiger charge is -2.33. The molecular formula is C11H21NO. The summed E-state index contributed by atoms with van der Waals surface area (Å²) in [5.41, 5.74) is 5.81. The smallest absolute Gasteiger partial charge is 0.0613 e. The predicted octanol–water partition coefficient (Wildman–Crippen LogP) is 1.78. The van der Waals surface area contributed by atoms with Crippen molar-refractivity contribution in [2.75, 3.05) is 6.54 Å². The van der Waals surface area contributed by atoms with Crippen LogP contribution >= 0.6 is 0 Å². The number of ether oxygens (including phenoxy) is 1. The maximum Gasteiger partial charge on any atom is 0.0613 e. The van der Waals surface area contributed by atoms with E-state index in [4.69, 9.17) is 10.5 Å². The summed E-state index contributed by atoms with van der Waals surface area (Å²) in [5.74, 6) is 2.17. The third-order valence-electron chi connectivity index (χ3n) is 4.08. The van der Waals surface area contributed by atoms with Gasteiger partial charge in [-0.15, -0.1) is 0 Å². The molecule has 1 saturated heterocycles. The highest BCUT2D eigenvalue weighted by Crippen LogP contribution is 2.44. The molecule has 1 aliphatic heterocycles. The van der Waals surface area contributed by atoms with Crippen molar-refractivity contribution in [3.8, 4) is 0 Å². The number of hydrogen-bond acceptors (Lipinski definition) is 2.